The van der Waals surface area contributed by atoms with Crippen molar-refractivity contribution in [3.63, 3.8) is 0 Å². The summed E-state index contributed by atoms with van der Waals surface area (Å²) in [6.07, 6.45) is 0.423. The summed E-state index contributed by atoms with van der Waals surface area (Å²) in [4.78, 5) is 16.8. The molecule has 128 valence electrons. The van der Waals surface area contributed by atoms with Crippen LogP contribution in [0.2, 0.25) is 0 Å². The lowest BCUT2D eigenvalue weighted by molar-refractivity contribution is -0.138. The maximum absolute atomic E-state index is 14.1. The van der Waals surface area contributed by atoms with Crippen molar-refractivity contribution in [1.29, 1.82) is 0 Å². The van der Waals surface area contributed by atoms with Gasteiger partial charge < -0.3 is 10.0 Å². The lowest BCUT2D eigenvalue weighted by Gasteiger charge is -2.39. The first-order chi connectivity index (χ1) is 10.9. The average Bonchev–Trinajstić information content (AvgIpc) is 2.55. The summed E-state index contributed by atoms with van der Waals surface area (Å²) >= 11 is 0. The minimum absolute atomic E-state index is 0.0433. The molecule has 0 bridgehead atoms. The van der Waals surface area contributed by atoms with Crippen LogP contribution in [-0.4, -0.2) is 59.6 Å². The van der Waals surface area contributed by atoms with Crippen molar-refractivity contribution in [2.75, 3.05) is 32.7 Å². The van der Waals surface area contributed by atoms with Crippen LogP contribution in [0.15, 0.2) is 24.3 Å². The second-order valence-corrected chi connectivity index (χ2v) is 6.76. The molecule has 1 amide bonds. The molecule has 1 aliphatic heterocycles. The summed E-state index contributed by atoms with van der Waals surface area (Å²) in [7, 11) is 0. The van der Waals surface area contributed by atoms with Gasteiger partial charge in [0.15, 0.2) is 0 Å². The number of β-amino-alcohol motifs (C(OH)–C–C–N with tert-alkyl or cyclic N) is 1. The van der Waals surface area contributed by atoms with Crippen molar-refractivity contribution in [2.24, 2.45) is 0 Å². The van der Waals surface area contributed by atoms with Crippen LogP contribution in [-0.2, 0) is 10.2 Å². The van der Waals surface area contributed by atoms with E-state index in [9.17, 15) is 14.3 Å². The molecule has 2 rings (SSSR count). The van der Waals surface area contributed by atoms with Crippen LogP contribution >= 0.6 is 0 Å². The molecule has 1 fully saturated rings. The number of piperazine rings is 1. The van der Waals surface area contributed by atoms with Gasteiger partial charge in [-0.1, -0.05) is 25.1 Å². The van der Waals surface area contributed by atoms with Gasteiger partial charge in [-0.25, -0.2) is 4.39 Å². The zero-order valence-corrected chi connectivity index (χ0v) is 14.3. The number of benzene rings is 1. The van der Waals surface area contributed by atoms with E-state index in [0.717, 1.165) is 19.5 Å². The van der Waals surface area contributed by atoms with Gasteiger partial charge in [-0.05, 0) is 26.3 Å². The van der Waals surface area contributed by atoms with Crippen molar-refractivity contribution < 1.29 is 14.3 Å². The van der Waals surface area contributed by atoms with E-state index in [-0.39, 0.29) is 17.8 Å². The number of hydrogen-bond acceptors (Lipinski definition) is 3. The molecule has 23 heavy (non-hydrogen) atoms. The molecule has 1 aromatic carbocycles. The van der Waals surface area contributed by atoms with E-state index in [1.807, 2.05) is 6.92 Å². The molecule has 1 N–H and O–H groups in total. The van der Waals surface area contributed by atoms with Gasteiger partial charge in [-0.2, -0.15) is 0 Å². The number of rotatable bonds is 5. The fraction of sp³-hybridized carbons (Fsp3) is 0.611. The summed E-state index contributed by atoms with van der Waals surface area (Å²) in [6, 6.07) is 6.48. The first kappa shape index (κ1) is 17.9. The quantitative estimate of drug-likeness (QED) is 0.902. The maximum Gasteiger partial charge on any atom is 0.232 e. The lowest BCUT2D eigenvalue weighted by Crippen LogP contribution is -2.54. The van der Waals surface area contributed by atoms with E-state index in [1.54, 1.807) is 36.9 Å². The minimum atomic E-state index is -0.879. The SMILES string of the molecule is CC[C@@H](O)CN1CCN(C(=O)C(C)(C)c2ccccc2F)CC1. The number of hydrogen-bond donors (Lipinski definition) is 1. The second-order valence-electron chi connectivity index (χ2n) is 6.76. The molecule has 0 radical (unpaired) electrons. The van der Waals surface area contributed by atoms with Gasteiger partial charge in [0.25, 0.3) is 0 Å². The van der Waals surface area contributed by atoms with E-state index >= 15 is 0 Å². The van der Waals surface area contributed by atoms with Gasteiger partial charge in [0, 0.05) is 38.3 Å². The molecule has 1 heterocycles. The van der Waals surface area contributed by atoms with Gasteiger partial charge in [-0.15, -0.1) is 0 Å². The zero-order chi connectivity index (χ0) is 17.0. The molecule has 5 heteroatoms. The van der Waals surface area contributed by atoms with E-state index in [4.69, 9.17) is 0 Å². The largest absolute Gasteiger partial charge is 0.392 e. The highest BCUT2D eigenvalue weighted by Gasteiger charge is 2.36. The molecule has 1 aromatic rings. The van der Waals surface area contributed by atoms with Crippen LogP contribution in [0.25, 0.3) is 0 Å². The Kier molecular flexibility index (Phi) is 5.76. The Hall–Kier alpha value is -1.46. The fourth-order valence-corrected chi connectivity index (χ4v) is 3.04. The Balaban J connectivity index is 2.00. The van der Waals surface area contributed by atoms with Crippen LogP contribution in [0.4, 0.5) is 4.39 Å². The summed E-state index contributed by atoms with van der Waals surface area (Å²) in [5.41, 5.74) is -0.440. The van der Waals surface area contributed by atoms with E-state index in [0.29, 0.717) is 25.2 Å². The van der Waals surface area contributed by atoms with Gasteiger partial charge in [0.2, 0.25) is 5.91 Å². The molecule has 4 nitrogen and oxygen atoms in total. The normalized spacial score (nSPS) is 18.0. The molecular formula is C18H27FN2O2. The Morgan fingerprint density at radius 2 is 1.87 bits per heavy atom. The topological polar surface area (TPSA) is 43.8 Å². The number of carbonyl (C=O) groups excluding carboxylic acids is 1. The Labute approximate surface area is 137 Å². The van der Waals surface area contributed by atoms with E-state index < -0.39 is 5.41 Å². The first-order valence-corrected chi connectivity index (χ1v) is 8.31. The maximum atomic E-state index is 14.1. The highest BCUT2D eigenvalue weighted by atomic mass is 19.1. The summed E-state index contributed by atoms with van der Waals surface area (Å²) < 4.78 is 14.1. The summed E-state index contributed by atoms with van der Waals surface area (Å²) in [5.74, 6) is -0.381. The monoisotopic (exact) mass is 322 g/mol. The highest BCUT2D eigenvalue weighted by molar-refractivity contribution is 5.87. The van der Waals surface area contributed by atoms with Crippen molar-refractivity contribution in [3.8, 4) is 0 Å². The number of aliphatic hydroxyl groups is 1. The van der Waals surface area contributed by atoms with Crippen LogP contribution in [0.1, 0.15) is 32.8 Å². The Morgan fingerprint density at radius 3 is 2.43 bits per heavy atom. The van der Waals surface area contributed by atoms with Crippen molar-refractivity contribution in [1.82, 2.24) is 9.80 Å². The average molecular weight is 322 g/mol. The summed E-state index contributed by atoms with van der Waals surface area (Å²) in [6.45, 7) is 8.89. The summed E-state index contributed by atoms with van der Waals surface area (Å²) in [5, 5.41) is 9.73. The van der Waals surface area contributed by atoms with Gasteiger partial charge >= 0.3 is 0 Å². The molecule has 0 aromatic heterocycles. The third kappa shape index (κ3) is 4.09. The molecule has 0 saturated carbocycles. The van der Waals surface area contributed by atoms with Gasteiger partial charge in [-0.3, -0.25) is 9.69 Å². The van der Waals surface area contributed by atoms with Crippen molar-refractivity contribution in [2.45, 2.75) is 38.7 Å². The van der Waals surface area contributed by atoms with Crippen LogP contribution in [0, 0.1) is 5.82 Å². The highest BCUT2D eigenvalue weighted by Crippen LogP contribution is 2.28. The van der Waals surface area contributed by atoms with Crippen LogP contribution < -0.4 is 0 Å². The third-order valence-corrected chi connectivity index (χ3v) is 4.68. The van der Waals surface area contributed by atoms with Crippen LogP contribution in [0.5, 0.6) is 0 Å². The minimum Gasteiger partial charge on any atom is -0.392 e. The number of aliphatic hydroxyl groups excluding tert-OH is 1. The number of amides is 1. The molecule has 1 atom stereocenters. The molecule has 1 saturated heterocycles. The molecule has 0 unspecified atom stereocenters. The smallest absolute Gasteiger partial charge is 0.232 e. The molecule has 0 aliphatic carbocycles. The number of carbonyl (C=O) groups is 1. The van der Waals surface area contributed by atoms with Crippen molar-refractivity contribution in [3.05, 3.63) is 35.6 Å². The van der Waals surface area contributed by atoms with Gasteiger partial charge in [0.05, 0.1) is 11.5 Å². The lowest BCUT2D eigenvalue weighted by atomic mass is 9.82. The fourth-order valence-electron chi connectivity index (χ4n) is 3.04. The molecular weight excluding hydrogens is 295 g/mol. The predicted octanol–water partition coefficient (Wildman–Crippen LogP) is 2.02. The zero-order valence-electron chi connectivity index (χ0n) is 14.3. The van der Waals surface area contributed by atoms with Crippen LogP contribution in [0.3, 0.4) is 0 Å². The Bertz CT molecular complexity index is 540. The van der Waals surface area contributed by atoms with Gasteiger partial charge in [0.1, 0.15) is 5.82 Å². The van der Waals surface area contributed by atoms with E-state index in [2.05, 4.69) is 4.90 Å². The van der Waals surface area contributed by atoms with E-state index in [1.165, 1.54) is 6.07 Å². The van der Waals surface area contributed by atoms with Crippen molar-refractivity contribution >= 4 is 5.91 Å². The number of nitrogens with zero attached hydrogens (tertiary/aromatic N) is 2. The Morgan fingerprint density at radius 1 is 1.26 bits per heavy atom. The first-order valence-electron chi connectivity index (χ1n) is 8.31. The second kappa shape index (κ2) is 7.41. The standard InChI is InChI=1S/C18H27FN2O2/c1-4-14(22)13-20-9-11-21(12-10-20)17(23)18(2,3)15-7-5-6-8-16(15)19/h5-8,14,22H,4,9-13H2,1-3H3/t14-/m1/s1. The molecule has 0 spiro atoms. The predicted molar refractivity (Wildman–Crippen MR) is 88.7 cm³/mol. The number of halogens is 1. The third-order valence-electron chi connectivity index (χ3n) is 4.68. The molecule has 1 aliphatic rings.